The van der Waals surface area contributed by atoms with Crippen LogP contribution in [0.3, 0.4) is 0 Å². The Bertz CT molecular complexity index is 572. The van der Waals surface area contributed by atoms with E-state index in [1.807, 2.05) is 31.2 Å². The first-order valence-corrected chi connectivity index (χ1v) is 7.48. The van der Waals surface area contributed by atoms with Crippen LogP contribution in [0.15, 0.2) is 24.3 Å². The lowest BCUT2D eigenvalue weighted by atomic mass is 9.86. The maximum atomic E-state index is 12.3. The van der Waals surface area contributed by atoms with E-state index in [1.54, 1.807) is 14.0 Å². The highest BCUT2D eigenvalue weighted by atomic mass is 16.5. The van der Waals surface area contributed by atoms with Crippen molar-refractivity contribution in [2.24, 2.45) is 5.92 Å². The molecule has 0 radical (unpaired) electrons. The summed E-state index contributed by atoms with van der Waals surface area (Å²) >= 11 is 0. The van der Waals surface area contributed by atoms with Gasteiger partial charge in [0.15, 0.2) is 0 Å². The van der Waals surface area contributed by atoms with Crippen molar-refractivity contribution >= 4 is 11.8 Å². The van der Waals surface area contributed by atoms with Crippen molar-refractivity contribution in [2.75, 3.05) is 14.2 Å². The summed E-state index contributed by atoms with van der Waals surface area (Å²) in [5.74, 6) is 0.287. The lowest BCUT2D eigenvalue weighted by Crippen LogP contribution is -2.45. The van der Waals surface area contributed by atoms with E-state index in [0.717, 1.165) is 11.3 Å². The van der Waals surface area contributed by atoms with Crippen molar-refractivity contribution in [1.82, 2.24) is 5.32 Å². The number of rotatable bonds is 5. The van der Waals surface area contributed by atoms with E-state index in [-0.39, 0.29) is 23.7 Å². The van der Waals surface area contributed by atoms with Gasteiger partial charge in [-0.25, -0.2) is 0 Å². The first-order valence-electron chi connectivity index (χ1n) is 7.48. The van der Waals surface area contributed by atoms with Crippen LogP contribution in [0.2, 0.25) is 0 Å². The van der Waals surface area contributed by atoms with Crippen LogP contribution in [0, 0.1) is 5.92 Å². The van der Waals surface area contributed by atoms with Gasteiger partial charge in [-0.2, -0.15) is 0 Å². The number of esters is 1. The van der Waals surface area contributed by atoms with Crippen molar-refractivity contribution in [2.45, 2.75) is 38.3 Å². The first-order chi connectivity index (χ1) is 10.4. The average molecular weight is 305 g/mol. The summed E-state index contributed by atoms with van der Waals surface area (Å²) in [6.45, 7) is 3.63. The third-order valence-electron chi connectivity index (χ3n) is 4.36. The fourth-order valence-electron chi connectivity index (χ4n) is 3.14. The quantitative estimate of drug-likeness (QED) is 0.845. The molecule has 0 aromatic heterocycles. The summed E-state index contributed by atoms with van der Waals surface area (Å²) in [6, 6.07) is 7.37. The lowest BCUT2D eigenvalue weighted by Gasteiger charge is -2.23. The van der Waals surface area contributed by atoms with Crippen LogP contribution in [0.1, 0.15) is 38.3 Å². The zero-order valence-electron chi connectivity index (χ0n) is 13.5. The van der Waals surface area contributed by atoms with Crippen molar-refractivity contribution in [3.05, 3.63) is 29.8 Å². The Balaban J connectivity index is 2.37. The van der Waals surface area contributed by atoms with Gasteiger partial charge in [0.25, 0.3) is 0 Å². The molecule has 1 aliphatic heterocycles. The number of Topliss-reactive ketones (excluding diaryl/α,β-unsaturated/α-hetero) is 1. The summed E-state index contributed by atoms with van der Waals surface area (Å²) in [7, 11) is 2.97. The van der Waals surface area contributed by atoms with Crippen LogP contribution in [0.25, 0.3) is 0 Å². The van der Waals surface area contributed by atoms with Gasteiger partial charge in [0, 0.05) is 18.4 Å². The third-order valence-corrected chi connectivity index (χ3v) is 4.36. The standard InChI is InChI=1S/C17H23NO4/c1-5-14(19)13-10-17(2,16(20)22-4)18-15(13)11-7-6-8-12(9-11)21-3/h6-9,13,15,18H,5,10H2,1-4H3/t13-,15+,17+/m0/s1. The number of hydrogen-bond donors (Lipinski definition) is 1. The molecule has 1 fully saturated rings. The van der Waals surface area contributed by atoms with Gasteiger partial charge in [-0.15, -0.1) is 0 Å². The molecule has 120 valence electrons. The molecule has 0 aliphatic carbocycles. The molecule has 1 heterocycles. The summed E-state index contributed by atoms with van der Waals surface area (Å²) in [4.78, 5) is 24.4. The van der Waals surface area contributed by atoms with E-state index in [9.17, 15) is 9.59 Å². The molecule has 1 N–H and O–H groups in total. The van der Waals surface area contributed by atoms with Gasteiger partial charge < -0.3 is 9.47 Å². The molecule has 5 heteroatoms. The van der Waals surface area contributed by atoms with Crippen molar-refractivity contribution < 1.29 is 19.1 Å². The van der Waals surface area contributed by atoms with E-state index in [2.05, 4.69) is 5.32 Å². The average Bonchev–Trinajstić information content (AvgIpc) is 2.92. The van der Waals surface area contributed by atoms with Crippen LogP contribution in [-0.4, -0.2) is 31.5 Å². The topological polar surface area (TPSA) is 64.6 Å². The number of benzene rings is 1. The predicted molar refractivity (Wildman–Crippen MR) is 82.7 cm³/mol. The Morgan fingerprint density at radius 2 is 2.09 bits per heavy atom. The smallest absolute Gasteiger partial charge is 0.325 e. The largest absolute Gasteiger partial charge is 0.497 e. The van der Waals surface area contributed by atoms with Crippen molar-refractivity contribution in [1.29, 1.82) is 0 Å². The lowest BCUT2D eigenvalue weighted by molar-refractivity contribution is -0.147. The highest BCUT2D eigenvalue weighted by molar-refractivity contribution is 5.87. The number of methoxy groups -OCH3 is 2. The van der Waals surface area contributed by atoms with Crippen LogP contribution < -0.4 is 10.1 Å². The molecule has 0 saturated carbocycles. The molecule has 3 atom stereocenters. The van der Waals surface area contributed by atoms with E-state index in [0.29, 0.717) is 12.8 Å². The first kappa shape index (κ1) is 16.5. The van der Waals surface area contributed by atoms with Gasteiger partial charge in [-0.1, -0.05) is 19.1 Å². The van der Waals surface area contributed by atoms with E-state index >= 15 is 0 Å². The van der Waals surface area contributed by atoms with Crippen LogP contribution in [0.4, 0.5) is 0 Å². The van der Waals surface area contributed by atoms with Crippen LogP contribution in [0.5, 0.6) is 5.75 Å². The fraction of sp³-hybridized carbons (Fsp3) is 0.529. The summed E-state index contributed by atoms with van der Waals surface area (Å²) < 4.78 is 10.1. The Morgan fingerprint density at radius 3 is 2.68 bits per heavy atom. The molecule has 2 rings (SSSR count). The highest BCUT2D eigenvalue weighted by Gasteiger charge is 2.49. The Kier molecular flexibility index (Phi) is 4.86. The third kappa shape index (κ3) is 2.99. The molecule has 5 nitrogen and oxygen atoms in total. The van der Waals surface area contributed by atoms with Gasteiger partial charge in [-0.3, -0.25) is 14.9 Å². The second-order valence-corrected chi connectivity index (χ2v) is 5.85. The van der Waals surface area contributed by atoms with Gasteiger partial charge in [0.2, 0.25) is 0 Å². The number of ketones is 1. The Labute approximate surface area is 131 Å². The van der Waals surface area contributed by atoms with Gasteiger partial charge in [0.05, 0.1) is 14.2 Å². The van der Waals surface area contributed by atoms with Crippen molar-refractivity contribution in [3.8, 4) is 5.75 Å². The van der Waals surface area contributed by atoms with Gasteiger partial charge in [0.1, 0.15) is 17.1 Å². The second kappa shape index (κ2) is 6.48. The summed E-state index contributed by atoms with van der Waals surface area (Å²) in [5, 5.41) is 3.30. The van der Waals surface area contributed by atoms with E-state index in [4.69, 9.17) is 9.47 Å². The molecule has 1 saturated heterocycles. The molecular weight excluding hydrogens is 282 g/mol. The van der Waals surface area contributed by atoms with Gasteiger partial charge >= 0.3 is 5.97 Å². The maximum Gasteiger partial charge on any atom is 0.325 e. The molecule has 0 bridgehead atoms. The minimum Gasteiger partial charge on any atom is -0.497 e. The molecular formula is C17H23NO4. The Hall–Kier alpha value is -1.88. The normalized spacial score (nSPS) is 27.5. The number of carbonyl (C=O) groups is 2. The summed E-state index contributed by atoms with van der Waals surface area (Å²) in [6.07, 6.45) is 0.887. The molecule has 0 unspecified atom stereocenters. The number of nitrogens with one attached hydrogen (secondary N) is 1. The molecule has 0 amide bonds. The number of hydrogen-bond acceptors (Lipinski definition) is 5. The zero-order valence-corrected chi connectivity index (χ0v) is 13.5. The SMILES string of the molecule is CCC(=O)[C@@H]1C[C@](C)(C(=O)OC)N[C@@H]1c1cccc(OC)c1. The number of carbonyl (C=O) groups excluding carboxylic acids is 2. The molecule has 1 aromatic rings. The highest BCUT2D eigenvalue weighted by Crippen LogP contribution is 2.40. The van der Waals surface area contributed by atoms with Crippen LogP contribution in [-0.2, 0) is 14.3 Å². The molecule has 1 aliphatic rings. The molecule has 22 heavy (non-hydrogen) atoms. The monoisotopic (exact) mass is 305 g/mol. The van der Waals surface area contributed by atoms with E-state index in [1.165, 1.54) is 7.11 Å². The predicted octanol–water partition coefficient (Wildman–Crippen LogP) is 2.26. The van der Waals surface area contributed by atoms with Crippen molar-refractivity contribution in [3.63, 3.8) is 0 Å². The minimum absolute atomic E-state index is 0.146. The number of ether oxygens (including phenoxy) is 2. The Morgan fingerprint density at radius 1 is 1.36 bits per heavy atom. The minimum atomic E-state index is -0.849. The van der Waals surface area contributed by atoms with Gasteiger partial charge in [-0.05, 0) is 31.0 Å². The summed E-state index contributed by atoms with van der Waals surface area (Å²) in [5.41, 5.74) is 0.0941. The molecule has 0 spiro atoms. The van der Waals surface area contributed by atoms with Crippen LogP contribution >= 0.6 is 0 Å². The maximum absolute atomic E-state index is 12.3. The van der Waals surface area contributed by atoms with E-state index < -0.39 is 5.54 Å². The molecule has 1 aromatic carbocycles. The zero-order chi connectivity index (χ0) is 16.3. The fourth-order valence-corrected chi connectivity index (χ4v) is 3.14. The second-order valence-electron chi connectivity index (χ2n) is 5.85.